The van der Waals surface area contributed by atoms with Crippen LogP contribution in [0.1, 0.15) is 23.5 Å². The Bertz CT molecular complexity index is 566. The van der Waals surface area contributed by atoms with Gasteiger partial charge in [0.2, 0.25) is 5.91 Å². The third-order valence-corrected chi connectivity index (χ3v) is 4.54. The molecule has 1 aromatic rings. The molecule has 0 saturated carbocycles. The highest BCUT2D eigenvalue weighted by Crippen LogP contribution is 2.13. The molecule has 1 aliphatic heterocycles. The molecule has 0 radical (unpaired) electrons. The Balaban J connectivity index is 1.70. The van der Waals surface area contributed by atoms with Crippen LogP contribution in [0.15, 0.2) is 17.5 Å². The molecule has 2 rings (SSSR count). The monoisotopic (exact) mass is 352 g/mol. The highest BCUT2D eigenvalue weighted by atomic mass is 32.1. The fourth-order valence-electron chi connectivity index (χ4n) is 2.38. The lowest BCUT2D eigenvalue weighted by atomic mass is 10.2. The number of hydrogen-bond acceptors (Lipinski definition) is 5. The van der Waals surface area contributed by atoms with Crippen LogP contribution in [0.2, 0.25) is 0 Å². The minimum atomic E-state index is -0.458. The molecule has 0 unspecified atom stereocenters. The summed E-state index contributed by atoms with van der Waals surface area (Å²) in [7, 11) is 0. The summed E-state index contributed by atoms with van der Waals surface area (Å²) in [5.74, 6) is 0.0521. The summed E-state index contributed by atoms with van der Waals surface area (Å²) in [6.07, 6.45) is 0. The summed E-state index contributed by atoms with van der Waals surface area (Å²) in [4.78, 5) is 40.2. The maximum absolute atomic E-state index is 12.2. The van der Waals surface area contributed by atoms with E-state index in [1.54, 1.807) is 4.90 Å². The molecule has 2 N–H and O–H groups in total. The molecule has 1 aromatic heterocycles. The predicted octanol–water partition coefficient (Wildman–Crippen LogP) is 0.988. The molecular formula is C16H24N4O3S. The zero-order valence-electron chi connectivity index (χ0n) is 14.1. The van der Waals surface area contributed by atoms with Gasteiger partial charge in [0.25, 0.3) is 5.91 Å². The lowest BCUT2D eigenvalue weighted by Gasteiger charge is -2.34. The van der Waals surface area contributed by atoms with E-state index in [1.165, 1.54) is 11.3 Å². The smallest absolute Gasteiger partial charge is 0.321 e. The average molecular weight is 352 g/mol. The van der Waals surface area contributed by atoms with Crippen molar-refractivity contribution in [3.63, 3.8) is 0 Å². The second-order valence-corrected chi connectivity index (χ2v) is 7.15. The molecule has 4 amide bonds. The molecule has 132 valence electrons. The largest absolute Gasteiger partial charge is 0.338 e. The molecule has 0 bridgehead atoms. The van der Waals surface area contributed by atoms with E-state index in [0.717, 1.165) is 4.88 Å². The van der Waals surface area contributed by atoms with E-state index < -0.39 is 6.03 Å². The van der Waals surface area contributed by atoms with Gasteiger partial charge in [-0.2, -0.15) is 0 Å². The van der Waals surface area contributed by atoms with Gasteiger partial charge in [0.15, 0.2) is 0 Å². The second-order valence-electron chi connectivity index (χ2n) is 6.20. The number of carbonyl (C=O) groups excluding carboxylic acids is 3. The Labute approximate surface area is 146 Å². The number of amides is 4. The molecule has 0 aliphatic carbocycles. The summed E-state index contributed by atoms with van der Waals surface area (Å²) in [5, 5.41) is 6.86. The van der Waals surface area contributed by atoms with E-state index in [9.17, 15) is 14.4 Å². The van der Waals surface area contributed by atoms with Gasteiger partial charge in [0.05, 0.1) is 11.4 Å². The van der Waals surface area contributed by atoms with Crippen molar-refractivity contribution in [2.75, 3.05) is 39.3 Å². The van der Waals surface area contributed by atoms with Crippen LogP contribution in [0.3, 0.4) is 0 Å². The Morgan fingerprint density at radius 1 is 1.21 bits per heavy atom. The van der Waals surface area contributed by atoms with Gasteiger partial charge in [-0.15, -0.1) is 11.3 Å². The van der Waals surface area contributed by atoms with Crippen LogP contribution in [-0.4, -0.2) is 66.9 Å². The van der Waals surface area contributed by atoms with Crippen molar-refractivity contribution in [3.8, 4) is 0 Å². The number of piperazine rings is 1. The molecule has 7 nitrogen and oxygen atoms in total. The molecule has 0 spiro atoms. The van der Waals surface area contributed by atoms with Gasteiger partial charge in [0.1, 0.15) is 0 Å². The SMILES string of the molecule is CC(C)CNC(=O)NC(=O)CN1CCN(C(=O)c2cccs2)CC1. The standard InChI is InChI=1S/C16H24N4O3S/c1-12(2)10-17-16(23)18-14(21)11-19-5-7-20(8-6-19)15(22)13-4-3-9-24-13/h3-4,9,12H,5-8,10-11H2,1-2H3,(H2,17,18,21,23). The van der Waals surface area contributed by atoms with Crippen molar-refractivity contribution in [1.29, 1.82) is 0 Å². The number of rotatable bonds is 5. The van der Waals surface area contributed by atoms with Crippen LogP contribution >= 0.6 is 11.3 Å². The van der Waals surface area contributed by atoms with Crippen LogP contribution in [-0.2, 0) is 4.79 Å². The van der Waals surface area contributed by atoms with Gasteiger partial charge in [-0.3, -0.25) is 19.8 Å². The molecule has 24 heavy (non-hydrogen) atoms. The average Bonchev–Trinajstić information content (AvgIpc) is 3.07. The Kier molecular flexibility index (Phi) is 6.74. The third-order valence-electron chi connectivity index (χ3n) is 3.68. The van der Waals surface area contributed by atoms with Crippen LogP contribution in [0, 0.1) is 5.92 Å². The predicted molar refractivity (Wildman–Crippen MR) is 93.0 cm³/mol. The maximum Gasteiger partial charge on any atom is 0.321 e. The number of nitrogens with one attached hydrogen (secondary N) is 2. The van der Waals surface area contributed by atoms with Gasteiger partial charge in [-0.1, -0.05) is 19.9 Å². The topological polar surface area (TPSA) is 81.8 Å². The van der Waals surface area contributed by atoms with Crippen molar-refractivity contribution >= 4 is 29.2 Å². The van der Waals surface area contributed by atoms with Gasteiger partial charge >= 0.3 is 6.03 Å². The van der Waals surface area contributed by atoms with Crippen LogP contribution in [0.25, 0.3) is 0 Å². The molecule has 1 saturated heterocycles. The first kappa shape index (κ1) is 18.4. The summed E-state index contributed by atoms with van der Waals surface area (Å²) >= 11 is 1.44. The van der Waals surface area contributed by atoms with E-state index >= 15 is 0 Å². The number of hydrogen-bond donors (Lipinski definition) is 2. The normalized spacial score (nSPS) is 15.4. The van der Waals surface area contributed by atoms with E-state index in [4.69, 9.17) is 0 Å². The fourth-order valence-corrected chi connectivity index (χ4v) is 3.07. The van der Waals surface area contributed by atoms with Gasteiger partial charge in [-0.05, 0) is 17.4 Å². The first-order valence-electron chi connectivity index (χ1n) is 8.08. The number of carbonyl (C=O) groups is 3. The Morgan fingerprint density at radius 2 is 1.92 bits per heavy atom. The highest BCUT2D eigenvalue weighted by Gasteiger charge is 2.24. The van der Waals surface area contributed by atoms with Crippen molar-refractivity contribution in [3.05, 3.63) is 22.4 Å². The van der Waals surface area contributed by atoms with Gasteiger partial charge < -0.3 is 10.2 Å². The maximum atomic E-state index is 12.2. The number of nitrogens with zero attached hydrogens (tertiary/aromatic N) is 2. The quantitative estimate of drug-likeness (QED) is 0.828. The third kappa shape index (κ3) is 5.61. The molecule has 1 fully saturated rings. The first-order valence-corrected chi connectivity index (χ1v) is 8.96. The number of imide groups is 1. The second kappa shape index (κ2) is 8.79. The minimum Gasteiger partial charge on any atom is -0.338 e. The molecule has 1 aliphatic rings. The van der Waals surface area contributed by atoms with Crippen molar-refractivity contribution in [1.82, 2.24) is 20.4 Å². The molecule has 2 heterocycles. The Morgan fingerprint density at radius 3 is 2.50 bits per heavy atom. The summed E-state index contributed by atoms with van der Waals surface area (Å²) in [6, 6.07) is 3.23. The molecular weight excluding hydrogens is 328 g/mol. The summed E-state index contributed by atoms with van der Waals surface area (Å²) in [6.45, 7) is 7.08. The van der Waals surface area contributed by atoms with E-state index in [0.29, 0.717) is 38.6 Å². The summed E-state index contributed by atoms with van der Waals surface area (Å²) < 4.78 is 0. The van der Waals surface area contributed by atoms with E-state index in [2.05, 4.69) is 10.6 Å². The lowest BCUT2D eigenvalue weighted by molar-refractivity contribution is -0.121. The molecule has 8 heteroatoms. The van der Waals surface area contributed by atoms with Gasteiger partial charge in [0, 0.05) is 32.7 Å². The zero-order chi connectivity index (χ0) is 17.5. The van der Waals surface area contributed by atoms with E-state index in [1.807, 2.05) is 36.3 Å². The van der Waals surface area contributed by atoms with Crippen molar-refractivity contribution in [2.24, 2.45) is 5.92 Å². The first-order chi connectivity index (χ1) is 11.5. The summed E-state index contributed by atoms with van der Waals surface area (Å²) in [5.41, 5.74) is 0. The highest BCUT2D eigenvalue weighted by molar-refractivity contribution is 7.12. The van der Waals surface area contributed by atoms with Crippen LogP contribution in [0.4, 0.5) is 4.79 Å². The minimum absolute atomic E-state index is 0.0437. The lowest BCUT2D eigenvalue weighted by Crippen LogP contribution is -2.52. The molecule has 0 aromatic carbocycles. The fraction of sp³-hybridized carbons (Fsp3) is 0.562. The zero-order valence-corrected chi connectivity index (χ0v) is 14.9. The van der Waals surface area contributed by atoms with E-state index in [-0.39, 0.29) is 18.4 Å². The van der Waals surface area contributed by atoms with Crippen molar-refractivity contribution < 1.29 is 14.4 Å². The van der Waals surface area contributed by atoms with Crippen LogP contribution < -0.4 is 10.6 Å². The number of urea groups is 1. The van der Waals surface area contributed by atoms with Crippen LogP contribution in [0.5, 0.6) is 0 Å². The van der Waals surface area contributed by atoms with Gasteiger partial charge in [-0.25, -0.2) is 4.79 Å². The number of thiophene rings is 1. The van der Waals surface area contributed by atoms with Crippen molar-refractivity contribution in [2.45, 2.75) is 13.8 Å². The Hall–Kier alpha value is -1.93. The molecule has 0 atom stereocenters.